The van der Waals surface area contributed by atoms with Gasteiger partial charge in [0.15, 0.2) is 5.54 Å². The molecule has 4 nitrogen and oxygen atoms in total. The van der Waals surface area contributed by atoms with Gasteiger partial charge in [0, 0.05) is 5.69 Å². The lowest BCUT2D eigenvalue weighted by Gasteiger charge is -2.22. The number of nitrogens with zero attached hydrogens (tertiary/aromatic N) is 2. The van der Waals surface area contributed by atoms with E-state index in [9.17, 15) is 13.6 Å². The number of halogens is 2. The maximum Gasteiger partial charge on any atom is 0.269 e. The normalized spacial score (nSPS) is 27.3. The summed E-state index contributed by atoms with van der Waals surface area (Å²) in [5.74, 6) is -0.284. The first-order valence-electron chi connectivity index (χ1n) is 8.02. The summed E-state index contributed by atoms with van der Waals surface area (Å²) in [5.41, 5.74) is 0.998. The monoisotopic (exact) mass is 333 g/mol. The molecule has 1 unspecified atom stereocenters. The summed E-state index contributed by atoms with van der Waals surface area (Å²) in [5, 5.41) is 9.88. The van der Waals surface area contributed by atoms with Crippen molar-refractivity contribution in [1.29, 1.82) is 0 Å². The Bertz CT molecular complexity index is 755. The van der Waals surface area contributed by atoms with Crippen molar-refractivity contribution in [3.8, 4) is 0 Å². The summed E-state index contributed by atoms with van der Waals surface area (Å²) in [6, 6.07) is 5.77. The van der Waals surface area contributed by atoms with E-state index in [0.717, 1.165) is 18.2 Å². The van der Waals surface area contributed by atoms with Crippen LogP contribution in [0.5, 0.6) is 0 Å². The number of carbonyl (C=O) groups is 1. The number of hydrogen-bond acceptors (Lipinski definition) is 3. The molecule has 3 rings (SSSR count). The molecule has 1 aromatic rings. The van der Waals surface area contributed by atoms with Crippen LogP contribution < -0.4 is 5.32 Å². The predicted molar refractivity (Wildman–Crippen MR) is 88.5 cm³/mol. The van der Waals surface area contributed by atoms with Gasteiger partial charge in [0.1, 0.15) is 0 Å². The van der Waals surface area contributed by atoms with E-state index in [1.165, 1.54) is 12.5 Å². The molecule has 1 aromatic carbocycles. The van der Waals surface area contributed by atoms with Crippen LogP contribution in [0.15, 0.2) is 40.2 Å². The third-order valence-corrected chi connectivity index (χ3v) is 5.06. The van der Waals surface area contributed by atoms with Gasteiger partial charge in [0.05, 0.1) is 11.8 Å². The molecule has 0 fully saturated rings. The van der Waals surface area contributed by atoms with E-state index in [0.29, 0.717) is 11.6 Å². The third-order valence-electron chi connectivity index (χ3n) is 5.06. The highest BCUT2D eigenvalue weighted by Crippen LogP contribution is 2.48. The number of benzene rings is 1. The largest absolute Gasteiger partial charge is 0.322 e. The van der Waals surface area contributed by atoms with E-state index < -0.39 is 17.9 Å². The van der Waals surface area contributed by atoms with E-state index >= 15 is 0 Å². The van der Waals surface area contributed by atoms with Gasteiger partial charge in [-0.15, -0.1) is 0 Å². The lowest BCUT2D eigenvalue weighted by Crippen LogP contribution is -2.37. The smallest absolute Gasteiger partial charge is 0.269 e. The molecule has 2 aliphatic rings. The number of alkyl halides is 2. The van der Waals surface area contributed by atoms with Crippen molar-refractivity contribution in [2.75, 3.05) is 5.32 Å². The molecular formula is C18H21F2N3O. The maximum absolute atomic E-state index is 13.3. The predicted octanol–water partition coefficient (Wildman–Crippen LogP) is 4.78. The molecule has 1 heterocycles. The molecule has 1 N–H and O–H groups in total. The molecule has 0 radical (unpaired) electrons. The maximum atomic E-state index is 13.3. The molecule has 6 heteroatoms. The fraction of sp³-hybridized carbons (Fsp3) is 0.500. The molecule has 1 aliphatic heterocycles. The number of rotatable bonds is 3. The highest BCUT2D eigenvalue weighted by molar-refractivity contribution is 6.06. The van der Waals surface area contributed by atoms with Crippen LogP contribution in [0.25, 0.3) is 0 Å². The summed E-state index contributed by atoms with van der Waals surface area (Å²) in [6.45, 7) is 7.69. The highest BCUT2D eigenvalue weighted by Gasteiger charge is 2.45. The molecule has 0 bridgehead atoms. The van der Waals surface area contributed by atoms with Crippen molar-refractivity contribution >= 4 is 11.6 Å². The number of carbonyl (C=O) groups excluding carboxylic acids is 1. The van der Waals surface area contributed by atoms with Gasteiger partial charge in [-0.3, -0.25) is 4.79 Å². The first kappa shape index (κ1) is 16.7. The van der Waals surface area contributed by atoms with Gasteiger partial charge >= 0.3 is 0 Å². The topological polar surface area (TPSA) is 53.8 Å². The van der Waals surface area contributed by atoms with Crippen LogP contribution in [-0.2, 0) is 10.2 Å². The molecule has 1 aliphatic carbocycles. The lowest BCUT2D eigenvalue weighted by atomic mass is 9.86. The summed E-state index contributed by atoms with van der Waals surface area (Å²) < 4.78 is 26.6. The summed E-state index contributed by atoms with van der Waals surface area (Å²) in [7, 11) is 0. The first-order chi connectivity index (χ1) is 11.2. The molecule has 0 spiro atoms. The Labute approximate surface area is 140 Å². The Balaban J connectivity index is 1.92. The van der Waals surface area contributed by atoms with Crippen LogP contribution in [0.3, 0.4) is 0 Å². The molecule has 24 heavy (non-hydrogen) atoms. The number of hydrogen-bond donors (Lipinski definition) is 1. The van der Waals surface area contributed by atoms with E-state index in [1.807, 2.05) is 12.1 Å². The van der Waals surface area contributed by atoms with Crippen molar-refractivity contribution in [3.63, 3.8) is 0 Å². The van der Waals surface area contributed by atoms with Crippen molar-refractivity contribution in [3.05, 3.63) is 41.1 Å². The molecule has 0 aromatic heterocycles. The van der Waals surface area contributed by atoms with Crippen molar-refractivity contribution < 1.29 is 13.6 Å². The Morgan fingerprint density at radius 3 is 2.71 bits per heavy atom. The minimum Gasteiger partial charge on any atom is -0.322 e. The Morgan fingerprint density at radius 1 is 1.33 bits per heavy atom. The zero-order valence-electron chi connectivity index (χ0n) is 14.2. The van der Waals surface area contributed by atoms with E-state index in [1.54, 1.807) is 0 Å². The van der Waals surface area contributed by atoms with Gasteiger partial charge in [-0.1, -0.05) is 32.9 Å². The molecule has 0 saturated heterocycles. The fourth-order valence-corrected chi connectivity index (χ4v) is 3.80. The highest BCUT2D eigenvalue weighted by atomic mass is 19.3. The molecule has 0 saturated carbocycles. The number of nitrogens with one attached hydrogen (secondary N) is 1. The van der Waals surface area contributed by atoms with Crippen LogP contribution in [0.1, 0.15) is 51.2 Å². The number of amides is 1. The summed E-state index contributed by atoms with van der Waals surface area (Å²) in [6.07, 6.45) is -0.685. The SMILES string of the molecule is C[C@@H]1CC(C)(C)c2cccc(NC(=O)C3=CN=NC3(C)C(F)F)c21. The van der Waals surface area contributed by atoms with Crippen LogP contribution in [0.2, 0.25) is 0 Å². The van der Waals surface area contributed by atoms with Gasteiger partial charge in [0.2, 0.25) is 0 Å². The first-order valence-corrected chi connectivity index (χ1v) is 8.02. The standard InChI is InChI=1S/C18H21F2N3O/c1-10-8-17(2,3)11-6-5-7-13(14(10)11)22-15(24)12-9-21-23-18(12,4)16(19)20/h5-7,9-10,16H,8H2,1-4H3,(H,22,24)/t10-,18?/m1/s1. The summed E-state index contributed by atoms with van der Waals surface area (Å²) in [4.78, 5) is 12.6. The average Bonchev–Trinajstić information content (AvgIpc) is 2.99. The number of azo groups is 1. The lowest BCUT2D eigenvalue weighted by molar-refractivity contribution is -0.114. The molecule has 2 atom stereocenters. The van der Waals surface area contributed by atoms with E-state index in [4.69, 9.17) is 0 Å². The second-order valence-electron chi connectivity index (χ2n) is 7.42. The Kier molecular flexibility index (Phi) is 3.81. The minimum atomic E-state index is -2.79. The van der Waals surface area contributed by atoms with Gasteiger partial charge in [-0.2, -0.15) is 10.2 Å². The second kappa shape index (κ2) is 5.46. The summed E-state index contributed by atoms with van der Waals surface area (Å²) >= 11 is 0. The van der Waals surface area contributed by atoms with Crippen molar-refractivity contribution in [1.82, 2.24) is 0 Å². The zero-order valence-corrected chi connectivity index (χ0v) is 14.2. The third kappa shape index (κ3) is 2.44. The Hall–Kier alpha value is -2.11. The fourth-order valence-electron chi connectivity index (χ4n) is 3.80. The van der Waals surface area contributed by atoms with Crippen LogP contribution >= 0.6 is 0 Å². The number of fused-ring (bicyclic) bond motifs is 1. The van der Waals surface area contributed by atoms with Gasteiger partial charge in [-0.25, -0.2) is 8.78 Å². The van der Waals surface area contributed by atoms with Crippen LogP contribution in [0, 0.1) is 0 Å². The number of anilines is 1. The second-order valence-corrected chi connectivity index (χ2v) is 7.42. The zero-order chi connectivity index (χ0) is 17.7. The van der Waals surface area contributed by atoms with Gasteiger partial charge in [0.25, 0.3) is 12.3 Å². The van der Waals surface area contributed by atoms with Crippen molar-refractivity contribution in [2.24, 2.45) is 10.2 Å². The van der Waals surface area contributed by atoms with E-state index in [-0.39, 0.29) is 11.0 Å². The molecule has 128 valence electrons. The Morgan fingerprint density at radius 2 is 2.04 bits per heavy atom. The molecule has 1 amide bonds. The van der Waals surface area contributed by atoms with Crippen LogP contribution in [-0.4, -0.2) is 17.9 Å². The van der Waals surface area contributed by atoms with Crippen LogP contribution in [0.4, 0.5) is 14.5 Å². The van der Waals surface area contributed by atoms with Crippen molar-refractivity contribution in [2.45, 2.75) is 57.4 Å². The van der Waals surface area contributed by atoms with Gasteiger partial charge < -0.3 is 5.32 Å². The quantitative estimate of drug-likeness (QED) is 0.850. The minimum absolute atomic E-state index is 0.0320. The van der Waals surface area contributed by atoms with Gasteiger partial charge in [-0.05, 0) is 41.9 Å². The van der Waals surface area contributed by atoms with E-state index in [2.05, 4.69) is 42.4 Å². The average molecular weight is 333 g/mol. The molecular weight excluding hydrogens is 312 g/mol.